The quantitative estimate of drug-likeness (QED) is 0.876. The molecule has 1 fully saturated rings. The standard InChI is InChI=1S/C20H27FN2O2/c1-12-8-14(21)9-16-15(12)10-17(23-16)19(24)22-11-13-6-5-7-25-18(13)20(2,3)4/h8-10,13,18,23H,5-7,11H2,1-4H3,(H,22,24)/t13-,18-/m0/s1. The Kier molecular flexibility index (Phi) is 4.87. The number of nitrogens with one attached hydrogen (secondary N) is 2. The molecule has 25 heavy (non-hydrogen) atoms. The van der Waals surface area contributed by atoms with E-state index in [4.69, 9.17) is 4.74 Å². The number of benzene rings is 1. The molecule has 0 spiro atoms. The van der Waals surface area contributed by atoms with Crippen molar-refractivity contribution in [2.75, 3.05) is 13.2 Å². The van der Waals surface area contributed by atoms with E-state index in [0.717, 1.165) is 30.4 Å². The number of carbonyl (C=O) groups excluding carboxylic acids is 1. The SMILES string of the molecule is Cc1cc(F)cc2[nH]c(C(=O)NC[C@@H]3CCCO[C@@H]3C(C)(C)C)cc12. The highest BCUT2D eigenvalue weighted by Gasteiger charge is 2.35. The van der Waals surface area contributed by atoms with Crippen LogP contribution in [0.5, 0.6) is 0 Å². The molecular formula is C20H27FN2O2. The van der Waals surface area contributed by atoms with E-state index in [-0.39, 0.29) is 23.2 Å². The summed E-state index contributed by atoms with van der Waals surface area (Å²) in [6.45, 7) is 9.74. The van der Waals surface area contributed by atoms with Gasteiger partial charge in [0.25, 0.3) is 5.91 Å². The lowest BCUT2D eigenvalue weighted by atomic mass is 9.78. The van der Waals surface area contributed by atoms with E-state index in [1.54, 1.807) is 6.07 Å². The molecule has 1 aromatic carbocycles. The molecule has 1 amide bonds. The number of carbonyl (C=O) groups is 1. The lowest BCUT2D eigenvalue weighted by molar-refractivity contribution is -0.0839. The molecule has 1 aliphatic rings. The van der Waals surface area contributed by atoms with Crippen LogP contribution in [0.2, 0.25) is 0 Å². The first-order valence-corrected chi connectivity index (χ1v) is 8.94. The van der Waals surface area contributed by atoms with E-state index >= 15 is 0 Å². The van der Waals surface area contributed by atoms with Gasteiger partial charge in [0.05, 0.1) is 6.10 Å². The second-order valence-corrected chi connectivity index (χ2v) is 8.14. The van der Waals surface area contributed by atoms with Crippen molar-refractivity contribution in [1.82, 2.24) is 10.3 Å². The first-order valence-electron chi connectivity index (χ1n) is 8.94. The summed E-state index contributed by atoms with van der Waals surface area (Å²) in [7, 11) is 0. The Labute approximate surface area is 148 Å². The second kappa shape index (κ2) is 6.79. The van der Waals surface area contributed by atoms with Crippen LogP contribution >= 0.6 is 0 Å². The number of halogens is 1. The molecule has 0 unspecified atom stereocenters. The van der Waals surface area contributed by atoms with Crippen LogP contribution in [-0.2, 0) is 4.74 Å². The third-order valence-electron chi connectivity index (χ3n) is 4.98. The van der Waals surface area contributed by atoms with Gasteiger partial charge in [-0.05, 0) is 48.9 Å². The van der Waals surface area contributed by atoms with Crippen LogP contribution in [0.15, 0.2) is 18.2 Å². The monoisotopic (exact) mass is 346 g/mol. The van der Waals surface area contributed by atoms with Crippen LogP contribution < -0.4 is 5.32 Å². The average molecular weight is 346 g/mol. The van der Waals surface area contributed by atoms with Gasteiger partial charge in [0.15, 0.2) is 0 Å². The Balaban J connectivity index is 1.71. The largest absolute Gasteiger partial charge is 0.377 e. The summed E-state index contributed by atoms with van der Waals surface area (Å²) >= 11 is 0. The maximum Gasteiger partial charge on any atom is 0.267 e. The molecule has 1 aliphatic heterocycles. The number of hydrogen-bond donors (Lipinski definition) is 2. The minimum atomic E-state index is -0.300. The van der Waals surface area contributed by atoms with Gasteiger partial charge < -0.3 is 15.0 Å². The van der Waals surface area contributed by atoms with Gasteiger partial charge in [0, 0.05) is 30.0 Å². The van der Waals surface area contributed by atoms with Crippen molar-refractivity contribution in [2.24, 2.45) is 11.3 Å². The zero-order valence-corrected chi connectivity index (χ0v) is 15.4. The third kappa shape index (κ3) is 3.87. The number of amides is 1. The molecule has 2 aromatic rings. The molecule has 2 heterocycles. The van der Waals surface area contributed by atoms with Crippen molar-refractivity contribution in [3.63, 3.8) is 0 Å². The van der Waals surface area contributed by atoms with Crippen molar-refractivity contribution < 1.29 is 13.9 Å². The molecule has 4 nitrogen and oxygen atoms in total. The van der Waals surface area contributed by atoms with Gasteiger partial charge in [-0.15, -0.1) is 0 Å². The number of aromatic nitrogens is 1. The van der Waals surface area contributed by atoms with Crippen molar-refractivity contribution >= 4 is 16.8 Å². The Morgan fingerprint density at radius 1 is 1.36 bits per heavy atom. The normalized spacial score (nSPS) is 21.5. The van der Waals surface area contributed by atoms with Crippen molar-refractivity contribution in [3.05, 3.63) is 35.3 Å². The molecule has 136 valence electrons. The van der Waals surface area contributed by atoms with Gasteiger partial charge in [-0.1, -0.05) is 20.8 Å². The number of aromatic amines is 1. The fraction of sp³-hybridized carbons (Fsp3) is 0.550. The summed E-state index contributed by atoms with van der Waals surface area (Å²) in [5.74, 6) is -0.151. The molecule has 5 heteroatoms. The maximum atomic E-state index is 13.5. The molecular weight excluding hydrogens is 319 g/mol. The molecule has 3 rings (SSSR count). The van der Waals surface area contributed by atoms with Gasteiger partial charge >= 0.3 is 0 Å². The fourth-order valence-corrected chi connectivity index (χ4v) is 3.83. The van der Waals surface area contributed by atoms with Crippen LogP contribution in [0.25, 0.3) is 10.9 Å². The number of hydrogen-bond acceptors (Lipinski definition) is 2. The van der Waals surface area contributed by atoms with E-state index in [9.17, 15) is 9.18 Å². The second-order valence-electron chi connectivity index (χ2n) is 8.14. The summed E-state index contributed by atoms with van der Waals surface area (Å²) < 4.78 is 19.5. The molecule has 2 N–H and O–H groups in total. The highest BCUT2D eigenvalue weighted by atomic mass is 19.1. The minimum Gasteiger partial charge on any atom is -0.377 e. The van der Waals surface area contributed by atoms with E-state index in [1.807, 2.05) is 6.92 Å². The Bertz CT molecular complexity index is 776. The lowest BCUT2D eigenvalue weighted by Crippen LogP contribution is -2.45. The number of aryl methyl sites for hydroxylation is 1. The van der Waals surface area contributed by atoms with Crippen LogP contribution in [0.4, 0.5) is 4.39 Å². The fourth-order valence-electron chi connectivity index (χ4n) is 3.83. The predicted octanol–water partition coefficient (Wildman–Crippen LogP) is 4.19. The van der Waals surface area contributed by atoms with Crippen LogP contribution in [0.1, 0.15) is 49.7 Å². The van der Waals surface area contributed by atoms with Crippen LogP contribution in [0.3, 0.4) is 0 Å². The summed E-state index contributed by atoms with van der Waals surface area (Å²) in [5, 5.41) is 3.90. The van der Waals surface area contributed by atoms with E-state index < -0.39 is 0 Å². The van der Waals surface area contributed by atoms with Crippen molar-refractivity contribution in [2.45, 2.75) is 46.6 Å². The van der Waals surface area contributed by atoms with E-state index in [0.29, 0.717) is 23.7 Å². The van der Waals surface area contributed by atoms with Crippen LogP contribution in [-0.4, -0.2) is 30.1 Å². The molecule has 1 aromatic heterocycles. The first kappa shape index (κ1) is 17.9. The summed E-state index contributed by atoms with van der Waals surface area (Å²) in [4.78, 5) is 15.6. The van der Waals surface area contributed by atoms with Crippen molar-refractivity contribution in [3.8, 4) is 0 Å². The molecule has 0 bridgehead atoms. The average Bonchev–Trinajstić information content (AvgIpc) is 2.96. The summed E-state index contributed by atoms with van der Waals surface area (Å²) in [6, 6.07) is 4.69. The predicted molar refractivity (Wildman–Crippen MR) is 97.2 cm³/mol. The van der Waals surface area contributed by atoms with Crippen molar-refractivity contribution in [1.29, 1.82) is 0 Å². The Hall–Kier alpha value is -1.88. The van der Waals surface area contributed by atoms with Gasteiger partial charge in [0.2, 0.25) is 0 Å². The summed E-state index contributed by atoms with van der Waals surface area (Å²) in [5.41, 5.74) is 1.98. The number of rotatable bonds is 3. The van der Waals surface area contributed by atoms with Gasteiger partial charge in [-0.2, -0.15) is 0 Å². The van der Waals surface area contributed by atoms with E-state index in [2.05, 4.69) is 31.1 Å². The molecule has 1 saturated heterocycles. The zero-order valence-electron chi connectivity index (χ0n) is 15.4. The topological polar surface area (TPSA) is 54.1 Å². The number of H-pyrrole nitrogens is 1. The Morgan fingerprint density at radius 3 is 2.84 bits per heavy atom. The van der Waals surface area contributed by atoms with Gasteiger partial charge in [-0.3, -0.25) is 4.79 Å². The number of fused-ring (bicyclic) bond motifs is 1. The molecule has 0 radical (unpaired) electrons. The zero-order chi connectivity index (χ0) is 18.2. The minimum absolute atomic E-state index is 0.0472. The Morgan fingerprint density at radius 2 is 2.12 bits per heavy atom. The molecule has 0 saturated carbocycles. The highest BCUT2D eigenvalue weighted by molar-refractivity contribution is 5.98. The van der Waals surface area contributed by atoms with Gasteiger partial charge in [-0.25, -0.2) is 4.39 Å². The molecule has 0 aliphatic carbocycles. The summed E-state index contributed by atoms with van der Waals surface area (Å²) in [6.07, 6.45) is 2.22. The van der Waals surface area contributed by atoms with Crippen LogP contribution in [0, 0.1) is 24.1 Å². The lowest BCUT2D eigenvalue weighted by Gasteiger charge is -2.40. The highest BCUT2D eigenvalue weighted by Crippen LogP contribution is 2.33. The van der Waals surface area contributed by atoms with Gasteiger partial charge in [0.1, 0.15) is 11.5 Å². The third-order valence-corrected chi connectivity index (χ3v) is 4.98. The van der Waals surface area contributed by atoms with E-state index in [1.165, 1.54) is 12.1 Å². The molecule has 2 atom stereocenters. The first-order chi connectivity index (χ1) is 11.8. The smallest absolute Gasteiger partial charge is 0.267 e. The maximum absolute atomic E-state index is 13.5. The number of ether oxygens (including phenoxy) is 1.